The highest BCUT2D eigenvalue weighted by Crippen LogP contribution is 2.31. The zero-order chi connectivity index (χ0) is 15.8. The number of benzene rings is 1. The molecule has 0 aliphatic rings. The number of hydrogen-bond acceptors (Lipinski definition) is 2. The number of aryl methyl sites for hydroxylation is 1. The summed E-state index contributed by atoms with van der Waals surface area (Å²) in [6.07, 6.45) is 0. The van der Waals surface area contributed by atoms with Gasteiger partial charge in [-0.15, -0.1) is 0 Å². The van der Waals surface area contributed by atoms with Crippen LogP contribution < -0.4 is 5.73 Å². The molecule has 1 heterocycles. The Balaban J connectivity index is 2.46. The maximum atomic E-state index is 6.12. The molecular weight excluding hydrogens is 305 g/mol. The molecule has 2 N–H and O–H groups in total. The lowest BCUT2D eigenvalue weighted by Crippen LogP contribution is -2.17. The van der Waals surface area contributed by atoms with Crippen molar-refractivity contribution >= 4 is 23.2 Å². The average Bonchev–Trinajstić information content (AvgIpc) is 2.77. The highest BCUT2D eigenvalue weighted by Gasteiger charge is 2.23. The van der Waals surface area contributed by atoms with E-state index in [9.17, 15) is 0 Å². The molecule has 0 saturated carbocycles. The van der Waals surface area contributed by atoms with Gasteiger partial charge in [-0.25, -0.2) is 0 Å². The summed E-state index contributed by atoms with van der Waals surface area (Å²) in [5.41, 5.74) is 9.19. The molecule has 114 valence electrons. The summed E-state index contributed by atoms with van der Waals surface area (Å²) in [5.74, 6) is 0.0494. The summed E-state index contributed by atoms with van der Waals surface area (Å²) in [6, 6.07) is 7.78. The Morgan fingerprint density at radius 3 is 2.33 bits per heavy atom. The maximum absolute atomic E-state index is 6.12. The van der Waals surface area contributed by atoms with E-state index in [-0.39, 0.29) is 11.3 Å². The highest BCUT2D eigenvalue weighted by molar-refractivity contribution is 6.42. The van der Waals surface area contributed by atoms with Gasteiger partial charge >= 0.3 is 0 Å². The first-order valence-electron chi connectivity index (χ1n) is 6.93. The Morgan fingerprint density at radius 2 is 1.86 bits per heavy atom. The fourth-order valence-corrected chi connectivity index (χ4v) is 2.64. The van der Waals surface area contributed by atoms with Crippen LogP contribution in [0, 0.1) is 0 Å². The van der Waals surface area contributed by atoms with Crippen molar-refractivity contribution in [1.82, 2.24) is 9.78 Å². The van der Waals surface area contributed by atoms with Gasteiger partial charge in [-0.1, -0.05) is 50.0 Å². The molecule has 0 saturated heterocycles. The van der Waals surface area contributed by atoms with Crippen LogP contribution in [0.2, 0.25) is 10.0 Å². The lowest BCUT2D eigenvalue weighted by atomic mass is 9.90. The van der Waals surface area contributed by atoms with Crippen LogP contribution in [0.1, 0.15) is 43.6 Å². The van der Waals surface area contributed by atoms with Crippen molar-refractivity contribution in [1.29, 1.82) is 0 Å². The number of nitrogens with zero attached hydrogens (tertiary/aromatic N) is 2. The summed E-state index contributed by atoms with van der Waals surface area (Å²) in [6.45, 7) is 6.93. The van der Waals surface area contributed by atoms with E-state index in [0.29, 0.717) is 16.6 Å². The quantitative estimate of drug-likeness (QED) is 0.922. The topological polar surface area (TPSA) is 43.8 Å². The van der Waals surface area contributed by atoms with E-state index in [1.807, 2.05) is 29.9 Å². The van der Waals surface area contributed by atoms with Crippen molar-refractivity contribution in [3.05, 3.63) is 51.3 Å². The van der Waals surface area contributed by atoms with E-state index < -0.39 is 0 Å². The van der Waals surface area contributed by atoms with E-state index in [1.54, 1.807) is 0 Å². The van der Waals surface area contributed by atoms with Crippen LogP contribution in [-0.2, 0) is 12.5 Å². The minimum Gasteiger partial charge on any atom is -0.329 e. The molecule has 5 heteroatoms. The van der Waals surface area contributed by atoms with E-state index in [0.717, 1.165) is 17.0 Å². The number of hydrogen-bond donors (Lipinski definition) is 1. The van der Waals surface area contributed by atoms with Crippen LogP contribution in [0.5, 0.6) is 0 Å². The molecule has 0 spiro atoms. The summed E-state index contributed by atoms with van der Waals surface area (Å²) >= 11 is 12.1. The summed E-state index contributed by atoms with van der Waals surface area (Å²) in [5, 5.41) is 5.72. The maximum Gasteiger partial charge on any atom is 0.0681 e. The van der Waals surface area contributed by atoms with Crippen LogP contribution in [-0.4, -0.2) is 16.3 Å². The number of halogens is 2. The first-order valence-corrected chi connectivity index (χ1v) is 7.69. The normalized spacial score (nSPS) is 13.5. The first kappa shape index (κ1) is 16.3. The second-order valence-corrected chi connectivity index (χ2v) is 7.10. The van der Waals surface area contributed by atoms with E-state index in [2.05, 4.69) is 31.9 Å². The van der Waals surface area contributed by atoms with Gasteiger partial charge in [0.05, 0.1) is 15.7 Å². The van der Waals surface area contributed by atoms with Crippen molar-refractivity contribution in [3.63, 3.8) is 0 Å². The zero-order valence-corrected chi connectivity index (χ0v) is 14.3. The van der Waals surface area contributed by atoms with E-state index in [1.165, 1.54) is 0 Å². The average molecular weight is 326 g/mol. The van der Waals surface area contributed by atoms with Crippen molar-refractivity contribution in [2.45, 2.75) is 32.1 Å². The van der Waals surface area contributed by atoms with Crippen LogP contribution >= 0.6 is 23.2 Å². The minimum atomic E-state index is 0.00675. The Labute approximate surface area is 136 Å². The van der Waals surface area contributed by atoms with Gasteiger partial charge in [-0.2, -0.15) is 5.10 Å². The van der Waals surface area contributed by atoms with Crippen molar-refractivity contribution in [2.75, 3.05) is 6.54 Å². The third kappa shape index (κ3) is 3.42. The Bertz CT molecular complexity index is 641. The standard InChI is InChI=1S/C16H21Cl2N3/c1-16(2,3)15-8-14(21(4)20-15)11(9-19)10-5-6-12(17)13(18)7-10/h5-8,11H,9,19H2,1-4H3. The van der Waals surface area contributed by atoms with E-state index in [4.69, 9.17) is 28.9 Å². The third-order valence-corrected chi connectivity index (χ3v) is 4.36. The molecule has 2 aromatic rings. The summed E-state index contributed by atoms with van der Waals surface area (Å²) in [7, 11) is 1.95. The molecule has 1 aromatic carbocycles. The lowest BCUT2D eigenvalue weighted by molar-refractivity contribution is 0.550. The van der Waals surface area contributed by atoms with Gasteiger partial charge < -0.3 is 5.73 Å². The van der Waals surface area contributed by atoms with Crippen LogP contribution in [0.4, 0.5) is 0 Å². The molecule has 21 heavy (non-hydrogen) atoms. The van der Waals surface area contributed by atoms with Gasteiger partial charge in [0.2, 0.25) is 0 Å². The fraction of sp³-hybridized carbons (Fsp3) is 0.438. The smallest absolute Gasteiger partial charge is 0.0681 e. The molecule has 3 nitrogen and oxygen atoms in total. The van der Waals surface area contributed by atoms with Gasteiger partial charge in [-0.3, -0.25) is 4.68 Å². The Kier molecular flexibility index (Phi) is 4.66. The molecule has 0 amide bonds. The second kappa shape index (κ2) is 5.99. The van der Waals surface area contributed by atoms with Crippen LogP contribution in [0.3, 0.4) is 0 Å². The predicted octanol–water partition coefficient (Wildman–Crippen LogP) is 4.12. The number of rotatable bonds is 3. The van der Waals surface area contributed by atoms with Crippen molar-refractivity contribution in [2.24, 2.45) is 12.8 Å². The highest BCUT2D eigenvalue weighted by atomic mass is 35.5. The molecule has 0 aliphatic carbocycles. The van der Waals surface area contributed by atoms with Crippen LogP contribution in [0.15, 0.2) is 24.3 Å². The summed E-state index contributed by atoms with van der Waals surface area (Å²) in [4.78, 5) is 0. The van der Waals surface area contributed by atoms with E-state index >= 15 is 0 Å². The number of nitrogens with two attached hydrogens (primary N) is 1. The van der Waals surface area contributed by atoms with Gasteiger partial charge in [0.25, 0.3) is 0 Å². The van der Waals surface area contributed by atoms with Gasteiger partial charge in [0, 0.05) is 30.6 Å². The molecule has 0 fully saturated rings. The van der Waals surface area contributed by atoms with Crippen LogP contribution in [0.25, 0.3) is 0 Å². The van der Waals surface area contributed by atoms with Crippen molar-refractivity contribution < 1.29 is 0 Å². The number of aromatic nitrogens is 2. The zero-order valence-electron chi connectivity index (χ0n) is 12.8. The molecule has 1 aromatic heterocycles. The lowest BCUT2D eigenvalue weighted by Gasteiger charge is -2.16. The molecule has 1 unspecified atom stereocenters. The molecule has 0 aliphatic heterocycles. The largest absolute Gasteiger partial charge is 0.329 e. The first-order chi connectivity index (χ1) is 9.74. The molecular formula is C16H21Cl2N3. The second-order valence-electron chi connectivity index (χ2n) is 6.29. The van der Waals surface area contributed by atoms with Gasteiger partial charge in [0.15, 0.2) is 0 Å². The molecule has 1 atom stereocenters. The fourth-order valence-electron chi connectivity index (χ4n) is 2.33. The van der Waals surface area contributed by atoms with Gasteiger partial charge in [-0.05, 0) is 23.8 Å². The van der Waals surface area contributed by atoms with Gasteiger partial charge in [0.1, 0.15) is 0 Å². The Morgan fingerprint density at radius 1 is 1.19 bits per heavy atom. The molecule has 0 radical (unpaired) electrons. The minimum absolute atomic E-state index is 0.00675. The van der Waals surface area contributed by atoms with Crippen molar-refractivity contribution in [3.8, 4) is 0 Å². The summed E-state index contributed by atoms with van der Waals surface area (Å²) < 4.78 is 1.90. The Hall–Kier alpha value is -1.03. The SMILES string of the molecule is Cn1nc(C(C)(C)C)cc1C(CN)c1ccc(Cl)c(Cl)c1. The monoisotopic (exact) mass is 325 g/mol. The molecule has 0 bridgehead atoms. The molecule has 2 rings (SSSR count). The third-order valence-electron chi connectivity index (χ3n) is 3.62. The predicted molar refractivity (Wildman–Crippen MR) is 89.3 cm³/mol.